The van der Waals surface area contributed by atoms with Crippen molar-refractivity contribution in [2.24, 2.45) is 0 Å². The third-order valence-corrected chi connectivity index (χ3v) is 5.69. The highest BCUT2D eigenvalue weighted by Gasteiger charge is 2.48. The Labute approximate surface area is 188 Å². The summed E-state index contributed by atoms with van der Waals surface area (Å²) in [5.74, 6) is -0.947. The van der Waals surface area contributed by atoms with E-state index in [1.807, 2.05) is 39.0 Å². The molecule has 1 N–H and O–H groups in total. The summed E-state index contributed by atoms with van der Waals surface area (Å²) in [7, 11) is 0. The van der Waals surface area contributed by atoms with Crippen LogP contribution in [0.1, 0.15) is 43.7 Å². The fourth-order valence-corrected chi connectivity index (χ4v) is 3.78. The van der Waals surface area contributed by atoms with E-state index in [4.69, 9.17) is 4.52 Å². The Morgan fingerprint density at radius 3 is 2.29 bits per heavy atom. The molecule has 1 saturated heterocycles. The van der Waals surface area contributed by atoms with Crippen LogP contribution in [-0.2, 0) is 15.0 Å². The maximum atomic E-state index is 13.1. The molecule has 0 aliphatic carbocycles. The van der Waals surface area contributed by atoms with Crippen LogP contribution in [0.3, 0.4) is 0 Å². The van der Waals surface area contributed by atoms with E-state index >= 15 is 0 Å². The van der Waals surface area contributed by atoms with Crippen LogP contribution in [-0.4, -0.2) is 22.0 Å². The molecular weight excluding hydrogens is 460 g/mol. The fourth-order valence-electron chi connectivity index (χ4n) is 3.51. The quantitative estimate of drug-likeness (QED) is 0.309. The number of aliphatic hydroxyl groups is 1. The number of hydrogen-bond acceptors (Lipinski definition) is 5. The van der Waals surface area contributed by atoms with Gasteiger partial charge in [0.15, 0.2) is 5.82 Å². The molecule has 6 nitrogen and oxygen atoms in total. The molecule has 1 atom stereocenters. The number of anilines is 1. The van der Waals surface area contributed by atoms with Gasteiger partial charge < -0.3 is 9.63 Å². The number of aromatic nitrogens is 1. The first kappa shape index (κ1) is 21.1. The lowest BCUT2D eigenvalue weighted by Gasteiger charge is -2.23. The summed E-state index contributed by atoms with van der Waals surface area (Å²) in [6.07, 6.45) is 0. The van der Waals surface area contributed by atoms with Crippen molar-refractivity contribution >= 4 is 39.2 Å². The predicted octanol–water partition coefficient (Wildman–Crippen LogP) is 5.36. The standard InChI is InChI=1S/C24H21BrN2O4/c1-24(2,3)17-13-18(26-31-17)27-20(14-9-11-16(25)12-10-14)19(22(29)23(27)30)21(28)15-7-5-4-6-8-15/h4-13,20,28H,1-3H3/t20-/m1/s1. The summed E-state index contributed by atoms with van der Waals surface area (Å²) in [6, 6.07) is 16.8. The minimum atomic E-state index is -0.841. The van der Waals surface area contributed by atoms with Crippen molar-refractivity contribution in [3.63, 3.8) is 0 Å². The van der Waals surface area contributed by atoms with Crippen molar-refractivity contribution < 1.29 is 19.2 Å². The third-order valence-electron chi connectivity index (χ3n) is 5.16. The Kier molecular flexibility index (Phi) is 5.31. The highest BCUT2D eigenvalue weighted by Crippen LogP contribution is 2.42. The average Bonchev–Trinajstić information content (AvgIpc) is 3.33. The van der Waals surface area contributed by atoms with E-state index in [1.165, 1.54) is 4.90 Å². The lowest BCUT2D eigenvalue weighted by molar-refractivity contribution is -0.132. The summed E-state index contributed by atoms with van der Waals surface area (Å²) in [5.41, 5.74) is 0.813. The third kappa shape index (κ3) is 3.81. The number of Topliss-reactive ketones (excluding diaryl/α,β-unsaturated/α-hetero) is 1. The Morgan fingerprint density at radius 2 is 1.71 bits per heavy atom. The van der Waals surface area contributed by atoms with E-state index in [0.29, 0.717) is 16.9 Å². The zero-order chi connectivity index (χ0) is 22.3. The Balaban J connectivity index is 1.92. The first-order valence-corrected chi connectivity index (χ1v) is 10.6. The highest BCUT2D eigenvalue weighted by atomic mass is 79.9. The number of carbonyl (C=O) groups is 2. The van der Waals surface area contributed by atoms with Gasteiger partial charge in [0, 0.05) is 21.5 Å². The molecule has 1 aliphatic heterocycles. The molecule has 1 aliphatic rings. The number of hydrogen-bond donors (Lipinski definition) is 1. The van der Waals surface area contributed by atoms with Gasteiger partial charge in [-0.1, -0.05) is 84.3 Å². The maximum Gasteiger partial charge on any atom is 0.301 e. The Bertz CT molecular complexity index is 1170. The number of amides is 1. The largest absolute Gasteiger partial charge is 0.507 e. The number of nitrogens with zero attached hydrogens (tertiary/aromatic N) is 2. The van der Waals surface area contributed by atoms with Crippen molar-refractivity contribution in [3.8, 4) is 0 Å². The zero-order valence-corrected chi connectivity index (χ0v) is 18.9. The lowest BCUT2D eigenvalue weighted by atomic mass is 9.93. The zero-order valence-electron chi connectivity index (χ0n) is 17.3. The average molecular weight is 481 g/mol. The molecule has 158 valence electrons. The van der Waals surface area contributed by atoms with Gasteiger partial charge in [0.25, 0.3) is 5.78 Å². The van der Waals surface area contributed by atoms with Crippen LogP contribution in [0.2, 0.25) is 0 Å². The number of benzene rings is 2. The van der Waals surface area contributed by atoms with Crippen molar-refractivity contribution in [2.45, 2.75) is 32.2 Å². The summed E-state index contributed by atoms with van der Waals surface area (Å²) in [6.45, 7) is 5.90. The molecule has 0 spiro atoms. The smallest absolute Gasteiger partial charge is 0.301 e. The van der Waals surface area contributed by atoms with E-state index in [0.717, 1.165) is 4.47 Å². The minimum absolute atomic E-state index is 0.0128. The van der Waals surface area contributed by atoms with E-state index < -0.39 is 17.7 Å². The number of halogens is 1. The van der Waals surface area contributed by atoms with Gasteiger partial charge in [0.05, 0.1) is 11.6 Å². The van der Waals surface area contributed by atoms with Crippen molar-refractivity contribution in [1.29, 1.82) is 0 Å². The van der Waals surface area contributed by atoms with Gasteiger partial charge in [-0.2, -0.15) is 0 Å². The predicted molar refractivity (Wildman–Crippen MR) is 121 cm³/mol. The van der Waals surface area contributed by atoms with Crippen molar-refractivity contribution in [2.75, 3.05) is 4.90 Å². The first-order chi connectivity index (χ1) is 14.7. The second kappa shape index (κ2) is 7.81. The van der Waals surface area contributed by atoms with Gasteiger partial charge in [-0.3, -0.25) is 14.5 Å². The summed E-state index contributed by atoms with van der Waals surface area (Å²) < 4.78 is 6.32. The molecular formula is C24H21BrN2O4. The van der Waals surface area contributed by atoms with Gasteiger partial charge in [-0.05, 0) is 17.7 Å². The molecule has 1 aromatic heterocycles. The molecule has 0 radical (unpaired) electrons. The normalized spacial score (nSPS) is 18.6. The highest BCUT2D eigenvalue weighted by molar-refractivity contribution is 9.10. The molecule has 31 heavy (non-hydrogen) atoms. The summed E-state index contributed by atoms with van der Waals surface area (Å²) >= 11 is 3.41. The van der Waals surface area contributed by atoms with Crippen LogP contribution in [0.15, 0.2) is 75.2 Å². The van der Waals surface area contributed by atoms with Gasteiger partial charge in [0.1, 0.15) is 11.5 Å². The van der Waals surface area contributed by atoms with E-state index in [1.54, 1.807) is 42.5 Å². The summed E-state index contributed by atoms with van der Waals surface area (Å²) in [4.78, 5) is 27.5. The van der Waals surface area contributed by atoms with E-state index in [-0.39, 0.29) is 22.6 Å². The van der Waals surface area contributed by atoms with Crippen LogP contribution in [0.25, 0.3) is 5.76 Å². The number of ketones is 1. The monoisotopic (exact) mass is 480 g/mol. The Morgan fingerprint density at radius 1 is 1.06 bits per heavy atom. The number of aliphatic hydroxyl groups excluding tert-OH is 1. The maximum absolute atomic E-state index is 13.1. The van der Waals surface area contributed by atoms with Crippen molar-refractivity contribution in [3.05, 3.63) is 87.6 Å². The van der Waals surface area contributed by atoms with Crippen LogP contribution >= 0.6 is 15.9 Å². The van der Waals surface area contributed by atoms with Crippen LogP contribution in [0.5, 0.6) is 0 Å². The summed E-state index contributed by atoms with van der Waals surface area (Å²) in [5, 5.41) is 15.1. The molecule has 4 rings (SSSR count). The molecule has 0 bridgehead atoms. The second-order valence-electron chi connectivity index (χ2n) is 8.39. The fraction of sp³-hybridized carbons (Fsp3) is 0.208. The second-order valence-corrected chi connectivity index (χ2v) is 9.30. The Hall–Kier alpha value is -3.19. The topological polar surface area (TPSA) is 83.6 Å². The van der Waals surface area contributed by atoms with Gasteiger partial charge in [-0.15, -0.1) is 0 Å². The first-order valence-electron chi connectivity index (χ1n) is 9.77. The van der Waals surface area contributed by atoms with E-state index in [9.17, 15) is 14.7 Å². The molecule has 2 aromatic carbocycles. The number of carbonyl (C=O) groups excluding carboxylic acids is 2. The van der Waals surface area contributed by atoms with Crippen LogP contribution < -0.4 is 4.90 Å². The molecule has 0 saturated carbocycles. The SMILES string of the molecule is CC(C)(C)c1cc(N2C(=O)C(=O)C(=C(O)c3ccccc3)[C@H]2c2ccc(Br)cc2)no1. The molecule has 3 aromatic rings. The van der Waals surface area contributed by atoms with E-state index in [2.05, 4.69) is 21.1 Å². The molecule has 2 heterocycles. The lowest BCUT2D eigenvalue weighted by Crippen LogP contribution is -2.29. The molecule has 1 amide bonds. The van der Waals surface area contributed by atoms with Gasteiger partial charge >= 0.3 is 5.91 Å². The number of rotatable bonds is 3. The minimum Gasteiger partial charge on any atom is -0.507 e. The van der Waals surface area contributed by atoms with Gasteiger partial charge in [-0.25, -0.2) is 0 Å². The molecule has 1 fully saturated rings. The molecule has 7 heteroatoms. The van der Waals surface area contributed by atoms with Crippen LogP contribution in [0, 0.1) is 0 Å². The van der Waals surface area contributed by atoms with Crippen LogP contribution in [0.4, 0.5) is 5.82 Å². The van der Waals surface area contributed by atoms with Gasteiger partial charge in [0.2, 0.25) is 0 Å². The molecule has 0 unspecified atom stereocenters. The van der Waals surface area contributed by atoms with Crippen molar-refractivity contribution in [1.82, 2.24) is 5.16 Å².